The SMILES string of the molecule is COc1ccc(C(=CC#N)CC(=O)c2cccc3c2Nc2ccccc2S3)cc1. The number of anilines is 2. The Balaban J connectivity index is 1.63. The molecule has 4 rings (SSSR count). The van der Waals surface area contributed by atoms with Crippen molar-refractivity contribution in [1.82, 2.24) is 0 Å². The maximum Gasteiger partial charge on any atom is 0.169 e. The third kappa shape index (κ3) is 3.89. The molecule has 0 amide bonds. The Kier molecular flexibility index (Phi) is 5.37. The first-order chi connectivity index (χ1) is 14.2. The molecule has 29 heavy (non-hydrogen) atoms. The number of carbonyl (C=O) groups excluding carboxylic acids is 1. The van der Waals surface area contributed by atoms with Gasteiger partial charge in [-0.2, -0.15) is 5.26 Å². The van der Waals surface area contributed by atoms with Crippen LogP contribution in [-0.2, 0) is 0 Å². The van der Waals surface area contributed by atoms with Gasteiger partial charge in [-0.3, -0.25) is 4.79 Å². The fourth-order valence-corrected chi connectivity index (χ4v) is 4.30. The number of ketones is 1. The van der Waals surface area contributed by atoms with Crippen LogP contribution in [0.1, 0.15) is 22.3 Å². The lowest BCUT2D eigenvalue weighted by Crippen LogP contribution is -2.08. The maximum absolute atomic E-state index is 13.2. The van der Waals surface area contributed by atoms with Crippen molar-refractivity contribution in [3.63, 3.8) is 0 Å². The molecule has 0 unspecified atom stereocenters. The fourth-order valence-electron chi connectivity index (χ4n) is 3.28. The van der Waals surface area contributed by atoms with Crippen molar-refractivity contribution < 1.29 is 9.53 Å². The second-order valence-electron chi connectivity index (χ2n) is 6.53. The molecular weight excluding hydrogens is 380 g/mol. The molecule has 0 radical (unpaired) electrons. The summed E-state index contributed by atoms with van der Waals surface area (Å²) in [6, 6.07) is 23.2. The zero-order valence-electron chi connectivity index (χ0n) is 15.8. The van der Waals surface area contributed by atoms with Gasteiger partial charge in [0, 0.05) is 27.9 Å². The van der Waals surface area contributed by atoms with Crippen molar-refractivity contribution in [2.45, 2.75) is 16.2 Å². The first kappa shape index (κ1) is 18.9. The van der Waals surface area contributed by atoms with E-state index in [1.807, 2.05) is 60.7 Å². The van der Waals surface area contributed by atoms with Crippen LogP contribution in [0.15, 0.2) is 82.6 Å². The number of allylic oxidation sites excluding steroid dienone is 2. The van der Waals surface area contributed by atoms with Crippen LogP contribution in [0.3, 0.4) is 0 Å². The van der Waals surface area contributed by atoms with Crippen LogP contribution < -0.4 is 10.1 Å². The lowest BCUT2D eigenvalue weighted by atomic mass is 9.96. The number of hydrogen-bond donors (Lipinski definition) is 1. The number of methoxy groups -OCH3 is 1. The standard InChI is InChI=1S/C24H18N2O2S/c1-28-18-11-9-16(10-12-18)17(13-14-25)15-21(27)19-5-4-8-23-24(19)26-20-6-2-3-7-22(20)29-23/h2-13,26H,15H2,1H3. The molecule has 0 saturated heterocycles. The van der Waals surface area contributed by atoms with E-state index >= 15 is 0 Å². The Labute approximate surface area is 173 Å². The molecule has 0 fully saturated rings. The van der Waals surface area contributed by atoms with E-state index in [4.69, 9.17) is 4.74 Å². The van der Waals surface area contributed by atoms with Gasteiger partial charge in [-0.05, 0) is 47.5 Å². The lowest BCUT2D eigenvalue weighted by molar-refractivity contribution is 0.0999. The average molecular weight is 398 g/mol. The van der Waals surface area contributed by atoms with Gasteiger partial charge in [0.05, 0.1) is 24.6 Å². The van der Waals surface area contributed by atoms with Crippen LogP contribution in [0.2, 0.25) is 0 Å². The van der Waals surface area contributed by atoms with Gasteiger partial charge in [-0.15, -0.1) is 0 Å². The molecule has 4 nitrogen and oxygen atoms in total. The highest BCUT2D eigenvalue weighted by Crippen LogP contribution is 2.45. The Morgan fingerprint density at radius 3 is 2.59 bits per heavy atom. The minimum atomic E-state index is -0.0355. The highest BCUT2D eigenvalue weighted by atomic mass is 32.2. The van der Waals surface area contributed by atoms with Crippen LogP contribution in [0, 0.1) is 11.3 Å². The number of fused-ring (bicyclic) bond motifs is 2. The van der Waals surface area contributed by atoms with Crippen molar-refractivity contribution in [1.29, 1.82) is 5.26 Å². The number of para-hydroxylation sites is 2. The summed E-state index contributed by atoms with van der Waals surface area (Å²) in [7, 11) is 1.60. The molecule has 0 aliphatic carbocycles. The summed E-state index contributed by atoms with van der Waals surface area (Å²) in [5.41, 5.74) is 3.96. The van der Waals surface area contributed by atoms with Gasteiger partial charge < -0.3 is 10.1 Å². The van der Waals surface area contributed by atoms with Crippen molar-refractivity contribution in [2.24, 2.45) is 0 Å². The predicted molar refractivity (Wildman–Crippen MR) is 116 cm³/mol. The van der Waals surface area contributed by atoms with Crippen LogP contribution in [0.4, 0.5) is 11.4 Å². The van der Waals surface area contributed by atoms with Gasteiger partial charge in [-0.25, -0.2) is 0 Å². The van der Waals surface area contributed by atoms with Gasteiger partial charge in [-0.1, -0.05) is 42.1 Å². The second-order valence-corrected chi connectivity index (χ2v) is 7.61. The molecule has 1 aliphatic rings. The Morgan fingerprint density at radius 1 is 1.07 bits per heavy atom. The number of Topliss-reactive ketones (excluding diaryl/α,β-unsaturated/α-hetero) is 1. The summed E-state index contributed by atoms with van der Waals surface area (Å²) in [4.78, 5) is 15.3. The summed E-state index contributed by atoms with van der Waals surface area (Å²) in [6.07, 6.45) is 1.58. The van der Waals surface area contributed by atoms with Gasteiger partial charge >= 0.3 is 0 Å². The number of benzene rings is 3. The average Bonchev–Trinajstić information content (AvgIpc) is 2.77. The Hall–Kier alpha value is -3.49. The Bertz CT molecular complexity index is 1140. The van der Waals surface area contributed by atoms with Crippen LogP contribution in [0.25, 0.3) is 5.57 Å². The van der Waals surface area contributed by atoms with Crippen LogP contribution in [0.5, 0.6) is 5.75 Å². The van der Waals surface area contributed by atoms with Gasteiger partial charge in [0.1, 0.15) is 5.75 Å². The van der Waals surface area contributed by atoms with Gasteiger partial charge in [0.2, 0.25) is 0 Å². The summed E-state index contributed by atoms with van der Waals surface area (Å²) in [5.74, 6) is 0.694. The van der Waals surface area contributed by atoms with Crippen LogP contribution in [-0.4, -0.2) is 12.9 Å². The minimum absolute atomic E-state index is 0.0355. The zero-order valence-corrected chi connectivity index (χ0v) is 16.6. The molecule has 142 valence electrons. The molecule has 3 aromatic rings. The smallest absolute Gasteiger partial charge is 0.169 e. The van der Waals surface area contributed by atoms with E-state index in [1.165, 1.54) is 6.08 Å². The molecule has 0 bridgehead atoms. The number of rotatable bonds is 5. The number of hydrogen-bond acceptors (Lipinski definition) is 5. The molecule has 0 spiro atoms. The van der Waals surface area contributed by atoms with Gasteiger partial charge in [0.25, 0.3) is 0 Å². The molecule has 0 aromatic heterocycles. The number of carbonyl (C=O) groups is 1. The highest BCUT2D eigenvalue weighted by Gasteiger charge is 2.22. The highest BCUT2D eigenvalue weighted by molar-refractivity contribution is 7.99. The van der Waals surface area contributed by atoms with E-state index in [0.29, 0.717) is 11.1 Å². The van der Waals surface area contributed by atoms with Crippen LogP contribution >= 0.6 is 11.8 Å². The van der Waals surface area contributed by atoms with E-state index in [9.17, 15) is 10.1 Å². The quantitative estimate of drug-likeness (QED) is 0.326. The molecular formula is C24H18N2O2S. The molecule has 3 aromatic carbocycles. The van der Waals surface area contributed by atoms with E-state index in [-0.39, 0.29) is 12.2 Å². The van der Waals surface area contributed by atoms with Crippen molar-refractivity contribution in [3.8, 4) is 11.8 Å². The molecule has 1 aliphatic heterocycles. The maximum atomic E-state index is 13.2. The third-order valence-electron chi connectivity index (χ3n) is 4.74. The molecule has 1 N–H and O–H groups in total. The normalized spacial score (nSPS) is 12.2. The van der Waals surface area contributed by atoms with Gasteiger partial charge in [0.15, 0.2) is 5.78 Å². The van der Waals surface area contributed by atoms with Crippen molar-refractivity contribution in [2.75, 3.05) is 12.4 Å². The third-order valence-corrected chi connectivity index (χ3v) is 5.88. The monoisotopic (exact) mass is 398 g/mol. The summed E-state index contributed by atoms with van der Waals surface area (Å²) >= 11 is 1.65. The number of nitrogens with one attached hydrogen (secondary N) is 1. The molecule has 0 atom stereocenters. The molecule has 0 saturated carbocycles. The second kappa shape index (κ2) is 8.26. The first-order valence-electron chi connectivity index (χ1n) is 9.13. The largest absolute Gasteiger partial charge is 0.497 e. The first-order valence-corrected chi connectivity index (χ1v) is 9.94. The zero-order chi connectivity index (χ0) is 20.2. The molecule has 5 heteroatoms. The fraction of sp³-hybridized carbons (Fsp3) is 0.0833. The van der Waals surface area contributed by atoms with E-state index < -0.39 is 0 Å². The molecule has 1 heterocycles. The van der Waals surface area contributed by atoms with Crippen molar-refractivity contribution >= 4 is 34.5 Å². The van der Waals surface area contributed by atoms with E-state index in [1.54, 1.807) is 18.9 Å². The number of nitrogens with zero attached hydrogens (tertiary/aromatic N) is 1. The lowest BCUT2D eigenvalue weighted by Gasteiger charge is -2.23. The van der Waals surface area contributed by atoms with Crippen molar-refractivity contribution in [3.05, 3.63) is 83.9 Å². The summed E-state index contributed by atoms with van der Waals surface area (Å²) in [5, 5.41) is 12.6. The Morgan fingerprint density at radius 2 is 1.83 bits per heavy atom. The van der Waals surface area contributed by atoms with E-state index in [0.717, 1.165) is 32.5 Å². The number of ether oxygens (including phenoxy) is 1. The predicted octanol–water partition coefficient (Wildman–Crippen LogP) is 6.08. The minimum Gasteiger partial charge on any atom is -0.497 e. The summed E-state index contributed by atoms with van der Waals surface area (Å²) < 4.78 is 5.19. The summed E-state index contributed by atoms with van der Waals surface area (Å²) in [6.45, 7) is 0. The van der Waals surface area contributed by atoms with E-state index in [2.05, 4.69) is 17.5 Å². The topological polar surface area (TPSA) is 62.1 Å². The number of nitriles is 1.